The number of carboxylic acid groups (broad SMARTS) is 1. The molecule has 1 N–H and O–H groups in total. The summed E-state index contributed by atoms with van der Waals surface area (Å²) in [5.41, 5.74) is 2.90. The molecule has 4 aromatic rings. The maximum atomic E-state index is 11.2. The van der Waals surface area contributed by atoms with Gasteiger partial charge in [0.15, 0.2) is 0 Å². The van der Waals surface area contributed by atoms with Crippen LogP contribution >= 0.6 is 34.8 Å². The second-order valence-electron chi connectivity index (χ2n) is 9.82. The Morgan fingerprint density at radius 1 is 1.13 bits per heavy atom. The number of carbonyl (C=O) groups is 1. The molecule has 1 aliphatic rings. The zero-order valence-electron chi connectivity index (χ0n) is 21.0. The molecule has 0 aliphatic heterocycles. The van der Waals surface area contributed by atoms with Gasteiger partial charge in [-0.3, -0.25) is 0 Å². The highest BCUT2D eigenvalue weighted by atomic mass is 35.5. The fourth-order valence-corrected chi connectivity index (χ4v) is 5.81. The first-order valence-corrected chi connectivity index (χ1v) is 13.4. The largest absolute Gasteiger partial charge is 0.489 e. The summed E-state index contributed by atoms with van der Waals surface area (Å²) in [6.07, 6.45) is 0.593. The number of aromatic nitrogens is 1. The molecule has 1 heterocycles. The van der Waals surface area contributed by atoms with E-state index in [2.05, 4.69) is 11.2 Å². The highest BCUT2D eigenvalue weighted by Crippen LogP contribution is 2.61. The predicted molar refractivity (Wildman–Crippen MR) is 150 cm³/mol. The molecular formula is C30H23Cl3N2O4. The van der Waals surface area contributed by atoms with Crippen LogP contribution in [-0.2, 0) is 12.0 Å². The molecule has 39 heavy (non-hydrogen) atoms. The maximum Gasteiger partial charge on any atom is 0.335 e. The van der Waals surface area contributed by atoms with Crippen LogP contribution in [0.25, 0.3) is 11.3 Å². The van der Waals surface area contributed by atoms with E-state index in [1.165, 1.54) is 12.1 Å². The third kappa shape index (κ3) is 4.98. The van der Waals surface area contributed by atoms with Crippen molar-refractivity contribution in [3.8, 4) is 23.1 Å². The third-order valence-corrected chi connectivity index (χ3v) is 8.04. The Hall–Kier alpha value is -3.50. The van der Waals surface area contributed by atoms with Gasteiger partial charge in [-0.15, -0.1) is 0 Å². The van der Waals surface area contributed by atoms with E-state index in [9.17, 15) is 15.2 Å². The van der Waals surface area contributed by atoms with Crippen LogP contribution in [0.1, 0.15) is 64.9 Å². The van der Waals surface area contributed by atoms with Crippen molar-refractivity contribution in [2.24, 2.45) is 0 Å². The molecular weight excluding hydrogens is 559 g/mol. The molecule has 9 heteroatoms. The van der Waals surface area contributed by atoms with E-state index in [4.69, 9.17) is 44.1 Å². The standard InChI is InChI=1S/C30H23Cl3N2O4/c1-16(2)28-21(27(35-39-28)26-23(31)4-3-5-24(26)32)14-38-19-10-11-20(25(33)12-19)22-13-30(22,15-34)18-8-6-17(7-9-18)29(36)37/h3-12,16,22H,13-14H2,1-2H3,(H,36,37). The zero-order chi connectivity index (χ0) is 27.9. The molecule has 1 aliphatic carbocycles. The SMILES string of the molecule is CC(C)c1onc(-c2c(Cl)cccc2Cl)c1COc1ccc(C2CC2(C#N)c2ccc(C(=O)O)cc2)c(Cl)c1. The van der Waals surface area contributed by atoms with Crippen molar-refractivity contribution in [1.29, 1.82) is 5.26 Å². The van der Waals surface area contributed by atoms with E-state index in [0.717, 1.165) is 16.7 Å². The molecule has 2 atom stereocenters. The molecule has 0 amide bonds. The fourth-order valence-electron chi connectivity index (χ4n) is 4.93. The van der Waals surface area contributed by atoms with Crippen molar-refractivity contribution >= 4 is 40.8 Å². The number of aromatic carboxylic acids is 1. The first-order valence-electron chi connectivity index (χ1n) is 12.3. The molecule has 0 spiro atoms. The van der Waals surface area contributed by atoms with Crippen LogP contribution < -0.4 is 4.74 Å². The van der Waals surface area contributed by atoms with E-state index < -0.39 is 11.4 Å². The fraction of sp³-hybridized carbons (Fsp3) is 0.233. The summed E-state index contributed by atoms with van der Waals surface area (Å²) in [6, 6.07) is 19.5. The van der Waals surface area contributed by atoms with E-state index in [1.54, 1.807) is 36.4 Å². The Kier molecular flexibility index (Phi) is 7.35. The number of carboxylic acids is 1. The van der Waals surface area contributed by atoms with Crippen molar-refractivity contribution in [1.82, 2.24) is 5.16 Å². The summed E-state index contributed by atoms with van der Waals surface area (Å²) in [7, 11) is 0. The number of rotatable bonds is 8. The number of nitrogens with zero attached hydrogens (tertiary/aromatic N) is 2. The monoisotopic (exact) mass is 580 g/mol. The highest BCUT2D eigenvalue weighted by molar-refractivity contribution is 6.39. The van der Waals surface area contributed by atoms with Crippen molar-refractivity contribution < 1.29 is 19.2 Å². The molecule has 5 rings (SSSR count). The van der Waals surface area contributed by atoms with E-state index >= 15 is 0 Å². The number of nitriles is 1. The van der Waals surface area contributed by atoms with Gasteiger partial charge in [-0.1, -0.05) is 78.1 Å². The molecule has 0 radical (unpaired) electrons. The topological polar surface area (TPSA) is 96.4 Å². The Bertz CT molecular complexity index is 1590. The quantitative estimate of drug-likeness (QED) is 0.224. The lowest BCUT2D eigenvalue weighted by molar-refractivity contribution is 0.0697. The molecule has 2 unspecified atom stereocenters. The average Bonchev–Trinajstić information content (AvgIpc) is 3.50. The van der Waals surface area contributed by atoms with Gasteiger partial charge >= 0.3 is 5.97 Å². The maximum absolute atomic E-state index is 11.2. The molecule has 6 nitrogen and oxygen atoms in total. The minimum atomic E-state index is -1.01. The first-order chi connectivity index (χ1) is 18.7. The first kappa shape index (κ1) is 27.1. The number of halogens is 3. The van der Waals surface area contributed by atoms with E-state index in [0.29, 0.717) is 44.3 Å². The Balaban J connectivity index is 1.38. The molecule has 1 saturated carbocycles. The number of ether oxygens (including phenoxy) is 1. The molecule has 198 valence electrons. The predicted octanol–water partition coefficient (Wildman–Crippen LogP) is 8.65. The minimum Gasteiger partial charge on any atom is -0.489 e. The summed E-state index contributed by atoms with van der Waals surface area (Å²) in [5, 5.41) is 24.9. The van der Waals surface area contributed by atoms with Crippen molar-refractivity contribution in [2.75, 3.05) is 0 Å². The molecule has 3 aromatic carbocycles. The third-order valence-electron chi connectivity index (χ3n) is 7.08. The van der Waals surface area contributed by atoms with Gasteiger partial charge in [0.1, 0.15) is 23.8 Å². The van der Waals surface area contributed by atoms with Crippen LogP contribution in [0.2, 0.25) is 15.1 Å². The smallest absolute Gasteiger partial charge is 0.335 e. The average molecular weight is 582 g/mol. The second-order valence-corrected chi connectivity index (χ2v) is 11.0. The van der Waals surface area contributed by atoms with Crippen LogP contribution in [0, 0.1) is 11.3 Å². The van der Waals surface area contributed by atoms with Gasteiger partial charge in [0.25, 0.3) is 0 Å². The molecule has 1 fully saturated rings. The summed E-state index contributed by atoms with van der Waals surface area (Å²) in [6.45, 7) is 4.16. The number of hydrogen-bond acceptors (Lipinski definition) is 5. The molecule has 1 aromatic heterocycles. The van der Waals surface area contributed by atoms with Crippen molar-refractivity contribution in [3.05, 3.63) is 104 Å². The lowest BCUT2D eigenvalue weighted by atomic mass is 9.91. The minimum absolute atomic E-state index is 0.0515. The zero-order valence-corrected chi connectivity index (χ0v) is 23.3. The van der Waals surface area contributed by atoms with Crippen LogP contribution in [-0.4, -0.2) is 16.2 Å². The molecule has 0 saturated heterocycles. The second kappa shape index (κ2) is 10.6. The van der Waals surface area contributed by atoms with Gasteiger partial charge in [0.2, 0.25) is 0 Å². The van der Waals surface area contributed by atoms with Gasteiger partial charge in [-0.05, 0) is 53.9 Å². The number of benzene rings is 3. The summed E-state index contributed by atoms with van der Waals surface area (Å²) in [4.78, 5) is 11.2. The van der Waals surface area contributed by atoms with Gasteiger partial charge < -0.3 is 14.4 Å². The van der Waals surface area contributed by atoms with E-state index in [1.807, 2.05) is 26.0 Å². The van der Waals surface area contributed by atoms with E-state index in [-0.39, 0.29) is 24.0 Å². The summed E-state index contributed by atoms with van der Waals surface area (Å²) >= 11 is 19.6. The van der Waals surface area contributed by atoms with Gasteiger partial charge in [-0.25, -0.2) is 4.79 Å². The van der Waals surface area contributed by atoms with Crippen molar-refractivity contribution in [3.63, 3.8) is 0 Å². The lowest BCUT2D eigenvalue weighted by Crippen LogP contribution is -2.08. The van der Waals surface area contributed by atoms with Crippen molar-refractivity contribution in [2.45, 2.75) is 44.1 Å². The summed E-state index contributed by atoms with van der Waals surface area (Å²) < 4.78 is 11.8. The van der Waals surface area contributed by atoms with Crippen LogP contribution in [0.15, 0.2) is 65.2 Å². The summed E-state index contributed by atoms with van der Waals surface area (Å²) in [5.74, 6) is 0.154. The normalized spacial score (nSPS) is 18.1. The number of hydrogen-bond donors (Lipinski definition) is 1. The van der Waals surface area contributed by atoms with Gasteiger partial charge in [-0.2, -0.15) is 5.26 Å². The molecule has 0 bridgehead atoms. The van der Waals surface area contributed by atoms with Crippen LogP contribution in [0.3, 0.4) is 0 Å². The van der Waals surface area contributed by atoms with Crippen LogP contribution in [0.5, 0.6) is 5.75 Å². The Morgan fingerprint density at radius 3 is 2.41 bits per heavy atom. The lowest BCUT2D eigenvalue weighted by Gasteiger charge is -2.13. The van der Waals surface area contributed by atoms with Gasteiger partial charge in [0.05, 0.1) is 32.7 Å². The Morgan fingerprint density at radius 2 is 1.82 bits per heavy atom. The van der Waals surface area contributed by atoms with Crippen LogP contribution in [0.4, 0.5) is 0 Å². The highest BCUT2D eigenvalue weighted by Gasteiger charge is 2.57. The van der Waals surface area contributed by atoms with Gasteiger partial charge in [0, 0.05) is 22.4 Å². The Labute approximate surface area is 240 Å².